The first-order chi connectivity index (χ1) is 9.50. The highest BCUT2D eigenvalue weighted by Gasteiger charge is 2.20. The Hall–Kier alpha value is -0.930. The van der Waals surface area contributed by atoms with Gasteiger partial charge in [-0.15, -0.1) is 0 Å². The van der Waals surface area contributed by atoms with Crippen molar-refractivity contribution in [3.8, 4) is 0 Å². The quantitative estimate of drug-likeness (QED) is 0.546. The van der Waals surface area contributed by atoms with Gasteiger partial charge in [-0.25, -0.2) is 12.4 Å². The third-order valence-electron chi connectivity index (χ3n) is 2.90. The van der Waals surface area contributed by atoms with Gasteiger partial charge in [-0.2, -0.15) is 0 Å². The van der Waals surface area contributed by atoms with Crippen molar-refractivity contribution in [1.82, 2.24) is 8.96 Å². The molecule has 0 N–H and O–H groups in total. The smallest absolute Gasteiger partial charge is 0.262 e. The van der Waals surface area contributed by atoms with Crippen LogP contribution in [0, 0.1) is 3.57 Å². The molecule has 0 atom stereocenters. The fourth-order valence-corrected chi connectivity index (χ4v) is 4.47. The van der Waals surface area contributed by atoms with Gasteiger partial charge in [0.15, 0.2) is 0 Å². The van der Waals surface area contributed by atoms with Gasteiger partial charge in [0.25, 0.3) is 10.0 Å². The first-order valence-electron chi connectivity index (χ1n) is 5.62. The molecule has 0 amide bonds. The van der Waals surface area contributed by atoms with Gasteiger partial charge in [-0.05, 0) is 52.9 Å². The minimum atomic E-state index is -3.61. The van der Waals surface area contributed by atoms with E-state index in [0.29, 0.717) is 5.52 Å². The molecular weight excluding hydrogens is 455 g/mol. The van der Waals surface area contributed by atoms with Crippen LogP contribution in [0.15, 0.2) is 58.3 Å². The van der Waals surface area contributed by atoms with Gasteiger partial charge in [0.1, 0.15) is 0 Å². The lowest BCUT2D eigenvalue weighted by atomic mass is 10.3. The summed E-state index contributed by atoms with van der Waals surface area (Å²) in [7, 11) is -3.61. The van der Waals surface area contributed by atoms with E-state index in [1.54, 1.807) is 42.9 Å². The average molecular weight is 463 g/mol. The summed E-state index contributed by atoms with van der Waals surface area (Å²) in [6.45, 7) is 0. The molecule has 4 nitrogen and oxygen atoms in total. The van der Waals surface area contributed by atoms with Crippen LogP contribution in [-0.2, 0) is 10.0 Å². The number of aromatic nitrogens is 2. The second-order valence-electron chi connectivity index (χ2n) is 4.12. The van der Waals surface area contributed by atoms with E-state index in [1.165, 1.54) is 3.97 Å². The lowest BCUT2D eigenvalue weighted by molar-refractivity contribution is 0.589. The maximum atomic E-state index is 12.7. The molecule has 0 bridgehead atoms. The number of benzene rings is 1. The van der Waals surface area contributed by atoms with E-state index in [1.807, 2.05) is 6.07 Å². The molecule has 0 fully saturated rings. The summed E-state index contributed by atoms with van der Waals surface area (Å²) in [4.78, 5) is 4.26. The van der Waals surface area contributed by atoms with Crippen LogP contribution in [0.25, 0.3) is 10.9 Å². The Bertz CT molecular complexity index is 888. The van der Waals surface area contributed by atoms with Crippen LogP contribution < -0.4 is 0 Å². The van der Waals surface area contributed by atoms with Crippen LogP contribution in [0.2, 0.25) is 0 Å². The zero-order valence-electron chi connectivity index (χ0n) is 9.99. The van der Waals surface area contributed by atoms with Crippen molar-refractivity contribution >= 4 is 59.4 Å². The molecule has 1 aromatic carbocycles. The summed E-state index contributed by atoms with van der Waals surface area (Å²) in [6.07, 6.45) is 4.83. The summed E-state index contributed by atoms with van der Waals surface area (Å²) < 4.78 is 28.4. The predicted octanol–water partition coefficient (Wildman–Crippen LogP) is 3.64. The van der Waals surface area contributed by atoms with Gasteiger partial charge in [0.05, 0.1) is 16.6 Å². The van der Waals surface area contributed by atoms with E-state index < -0.39 is 10.0 Å². The van der Waals surface area contributed by atoms with Crippen molar-refractivity contribution in [2.75, 3.05) is 0 Å². The Morgan fingerprint density at radius 2 is 1.85 bits per heavy atom. The van der Waals surface area contributed by atoms with Gasteiger partial charge in [-0.1, -0.05) is 15.9 Å². The van der Waals surface area contributed by atoms with Crippen molar-refractivity contribution in [3.05, 3.63) is 57.0 Å². The minimum Gasteiger partial charge on any atom is -0.262 e. The van der Waals surface area contributed by atoms with Crippen molar-refractivity contribution in [3.63, 3.8) is 0 Å². The Balaban J connectivity index is 2.27. The van der Waals surface area contributed by atoms with Gasteiger partial charge >= 0.3 is 0 Å². The largest absolute Gasteiger partial charge is 0.268 e. The number of hydrogen-bond acceptors (Lipinski definition) is 3. The average Bonchev–Trinajstić information content (AvgIpc) is 2.78. The Morgan fingerprint density at radius 3 is 2.55 bits per heavy atom. The Morgan fingerprint density at radius 1 is 1.15 bits per heavy atom. The molecule has 0 spiro atoms. The fourth-order valence-electron chi connectivity index (χ4n) is 1.92. The zero-order chi connectivity index (χ0) is 14.3. The monoisotopic (exact) mass is 462 g/mol. The zero-order valence-corrected chi connectivity index (χ0v) is 14.6. The molecule has 2 aromatic heterocycles. The van der Waals surface area contributed by atoms with Crippen LogP contribution in [0.4, 0.5) is 0 Å². The van der Waals surface area contributed by atoms with Crippen LogP contribution in [-0.4, -0.2) is 17.4 Å². The number of hydrogen-bond donors (Lipinski definition) is 0. The highest BCUT2D eigenvalue weighted by atomic mass is 127. The van der Waals surface area contributed by atoms with Crippen LogP contribution in [0.1, 0.15) is 0 Å². The van der Waals surface area contributed by atoms with Crippen molar-refractivity contribution < 1.29 is 8.42 Å². The van der Waals surface area contributed by atoms with E-state index in [2.05, 4.69) is 43.5 Å². The van der Waals surface area contributed by atoms with E-state index in [0.717, 1.165) is 13.4 Å². The van der Waals surface area contributed by atoms with Crippen LogP contribution in [0.5, 0.6) is 0 Å². The molecule has 3 aromatic rings. The summed E-state index contributed by atoms with van der Waals surface area (Å²) >= 11 is 5.42. The van der Waals surface area contributed by atoms with Gasteiger partial charge < -0.3 is 0 Å². The molecule has 0 aliphatic carbocycles. The van der Waals surface area contributed by atoms with Crippen LogP contribution >= 0.6 is 38.5 Å². The highest BCUT2D eigenvalue weighted by molar-refractivity contribution is 14.1. The maximum Gasteiger partial charge on any atom is 0.268 e. The molecule has 0 unspecified atom stereocenters. The standard InChI is InChI=1S/C13H8BrIN2O2S/c14-9-1-3-10(4-2-9)20(18,19)17-8-12(15)11-5-6-16-7-13(11)17/h1-8H. The van der Waals surface area contributed by atoms with Gasteiger partial charge in [0.2, 0.25) is 0 Å². The topological polar surface area (TPSA) is 52.0 Å². The van der Waals surface area contributed by atoms with Gasteiger partial charge in [-0.3, -0.25) is 4.98 Å². The SMILES string of the molecule is O=S(=O)(c1ccc(Br)cc1)n1cc(I)c2ccncc21. The number of halogens is 2. The molecule has 20 heavy (non-hydrogen) atoms. The summed E-state index contributed by atoms with van der Waals surface area (Å²) in [5.41, 5.74) is 0.583. The van der Waals surface area contributed by atoms with Crippen LogP contribution in [0.3, 0.4) is 0 Å². The minimum absolute atomic E-state index is 0.248. The molecule has 2 heterocycles. The lowest BCUT2D eigenvalue weighted by Gasteiger charge is -2.07. The molecule has 0 aliphatic heterocycles. The summed E-state index contributed by atoms with van der Waals surface area (Å²) in [6, 6.07) is 8.39. The van der Waals surface area contributed by atoms with E-state index in [4.69, 9.17) is 0 Å². The third-order valence-corrected chi connectivity index (χ3v) is 5.97. The number of nitrogens with zero attached hydrogens (tertiary/aromatic N) is 2. The van der Waals surface area contributed by atoms with E-state index >= 15 is 0 Å². The van der Waals surface area contributed by atoms with E-state index in [9.17, 15) is 8.42 Å². The molecule has 3 rings (SSSR count). The molecule has 102 valence electrons. The van der Waals surface area contributed by atoms with Gasteiger partial charge in [0, 0.05) is 25.8 Å². The molecule has 7 heteroatoms. The van der Waals surface area contributed by atoms with E-state index in [-0.39, 0.29) is 4.90 Å². The Kier molecular flexibility index (Phi) is 3.59. The number of rotatable bonds is 2. The second kappa shape index (κ2) is 5.12. The number of fused-ring (bicyclic) bond motifs is 1. The third kappa shape index (κ3) is 2.27. The lowest BCUT2D eigenvalue weighted by Crippen LogP contribution is -2.11. The highest BCUT2D eigenvalue weighted by Crippen LogP contribution is 2.26. The number of pyridine rings is 1. The van der Waals surface area contributed by atoms with Crippen molar-refractivity contribution in [2.45, 2.75) is 4.90 Å². The van der Waals surface area contributed by atoms with Crippen molar-refractivity contribution in [2.24, 2.45) is 0 Å². The molecule has 0 saturated heterocycles. The fraction of sp³-hybridized carbons (Fsp3) is 0. The molecule has 0 aliphatic rings. The molecule has 0 radical (unpaired) electrons. The second-order valence-corrected chi connectivity index (χ2v) is 8.02. The van der Waals surface area contributed by atoms with Crippen molar-refractivity contribution in [1.29, 1.82) is 0 Å². The summed E-state index contributed by atoms with van der Waals surface area (Å²) in [5.74, 6) is 0. The normalized spacial score (nSPS) is 11.9. The summed E-state index contributed by atoms with van der Waals surface area (Å²) in [5, 5.41) is 0.876. The molecule has 0 saturated carbocycles. The predicted molar refractivity (Wildman–Crippen MR) is 89.2 cm³/mol. The maximum absolute atomic E-state index is 12.7. The Labute approximate surface area is 138 Å². The molecular formula is C13H8BrIN2O2S. The first kappa shape index (κ1) is 14.0. The first-order valence-corrected chi connectivity index (χ1v) is 8.93.